The molecule has 1 N–H and O–H groups in total. The van der Waals surface area contributed by atoms with Crippen LogP contribution in [0, 0.1) is 5.41 Å². The van der Waals surface area contributed by atoms with E-state index < -0.39 is 5.41 Å². The Morgan fingerprint density at radius 2 is 1.70 bits per heavy atom. The lowest BCUT2D eigenvalue weighted by molar-refractivity contribution is -0.130. The molecule has 1 fully saturated rings. The van der Waals surface area contributed by atoms with Crippen molar-refractivity contribution < 1.29 is 9.53 Å². The highest BCUT2D eigenvalue weighted by Gasteiger charge is 2.73. The SMILES string of the molecule is COCCNC(=O)C12CCC(C)(c3nc4cc(Cl)c(Cl)cc4nc31)C2(C)C. The molecule has 2 aliphatic rings. The van der Waals surface area contributed by atoms with Gasteiger partial charge in [0.2, 0.25) is 5.91 Å². The van der Waals surface area contributed by atoms with E-state index >= 15 is 0 Å². The topological polar surface area (TPSA) is 64.1 Å². The fraction of sp³-hybridized carbons (Fsp3) is 0.550. The summed E-state index contributed by atoms with van der Waals surface area (Å²) >= 11 is 12.4. The highest BCUT2D eigenvalue weighted by atomic mass is 35.5. The highest BCUT2D eigenvalue weighted by molar-refractivity contribution is 6.42. The Labute approximate surface area is 168 Å². The van der Waals surface area contributed by atoms with Crippen molar-refractivity contribution in [3.8, 4) is 0 Å². The summed E-state index contributed by atoms with van der Waals surface area (Å²) in [7, 11) is 1.62. The third-order valence-corrected chi connectivity index (χ3v) is 7.78. The van der Waals surface area contributed by atoms with Crippen LogP contribution < -0.4 is 5.32 Å². The average Bonchev–Trinajstić information content (AvgIpc) is 2.91. The van der Waals surface area contributed by atoms with Crippen molar-refractivity contribution in [3.63, 3.8) is 0 Å². The Bertz CT molecular complexity index is 962. The van der Waals surface area contributed by atoms with Gasteiger partial charge in [0.25, 0.3) is 0 Å². The van der Waals surface area contributed by atoms with Crippen LogP contribution in [0.25, 0.3) is 11.0 Å². The standard InChI is InChI=1S/C20H23Cl2N3O2/c1-18(2)19(3)5-6-20(18,17(26)23-7-8-27-4)16-15(19)24-13-9-11(21)12(22)10-14(13)25-16/h9-10H,5-8H2,1-4H3,(H,23,26). The van der Waals surface area contributed by atoms with Crippen LogP contribution in [0.2, 0.25) is 10.0 Å². The summed E-state index contributed by atoms with van der Waals surface area (Å²) in [6.45, 7) is 7.46. The van der Waals surface area contributed by atoms with Crippen LogP contribution in [0.5, 0.6) is 0 Å². The van der Waals surface area contributed by atoms with Gasteiger partial charge in [-0.15, -0.1) is 0 Å². The first-order valence-corrected chi connectivity index (χ1v) is 9.89. The quantitative estimate of drug-likeness (QED) is 0.776. The fourth-order valence-electron chi connectivity index (χ4n) is 5.02. The molecule has 1 aromatic carbocycles. The molecule has 0 saturated heterocycles. The van der Waals surface area contributed by atoms with Crippen molar-refractivity contribution in [2.24, 2.45) is 5.41 Å². The molecule has 1 saturated carbocycles. The van der Waals surface area contributed by atoms with Gasteiger partial charge in [0, 0.05) is 19.1 Å². The Morgan fingerprint density at radius 1 is 1.11 bits per heavy atom. The molecule has 7 heteroatoms. The smallest absolute Gasteiger partial charge is 0.232 e. The predicted molar refractivity (Wildman–Crippen MR) is 106 cm³/mol. The van der Waals surface area contributed by atoms with Crippen molar-refractivity contribution in [1.29, 1.82) is 0 Å². The predicted octanol–water partition coefficient (Wildman–Crippen LogP) is 4.03. The number of hydrogen-bond donors (Lipinski definition) is 1. The zero-order valence-corrected chi connectivity index (χ0v) is 17.5. The van der Waals surface area contributed by atoms with E-state index in [9.17, 15) is 4.79 Å². The van der Waals surface area contributed by atoms with Gasteiger partial charge in [-0.25, -0.2) is 9.97 Å². The molecule has 4 rings (SSSR count). The summed E-state index contributed by atoms with van der Waals surface area (Å²) in [6.07, 6.45) is 1.65. The van der Waals surface area contributed by atoms with E-state index in [1.165, 1.54) is 0 Å². The maximum absolute atomic E-state index is 13.4. The number of amides is 1. The number of ether oxygens (including phenoxy) is 1. The number of methoxy groups -OCH3 is 1. The van der Waals surface area contributed by atoms with Gasteiger partial charge in [-0.1, -0.05) is 44.0 Å². The van der Waals surface area contributed by atoms with Gasteiger partial charge in [0.05, 0.1) is 44.5 Å². The molecule has 27 heavy (non-hydrogen) atoms. The number of halogens is 2. The van der Waals surface area contributed by atoms with Crippen LogP contribution in [0.3, 0.4) is 0 Å². The van der Waals surface area contributed by atoms with Gasteiger partial charge in [-0.2, -0.15) is 0 Å². The van der Waals surface area contributed by atoms with Crippen LogP contribution in [-0.2, 0) is 20.4 Å². The minimum atomic E-state index is -0.710. The second-order valence-corrected chi connectivity index (χ2v) is 9.10. The van der Waals surface area contributed by atoms with Crippen LogP contribution in [0.1, 0.15) is 45.0 Å². The highest BCUT2D eigenvalue weighted by Crippen LogP contribution is 2.70. The monoisotopic (exact) mass is 407 g/mol. The van der Waals surface area contributed by atoms with E-state index in [2.05, 4.69) is 26.1 Å². The number of aromatic nitrogens is 2. The van der Waals surface area contributed by atoms with Crippen molar-refractivity contribution in [1.82, 2.24) is 15.3 Å². The largest absolute Gasteiger partial charge is 0.383 e. The third-order valence-electron chi connectivity index (χ3n) is 7.06. The first-order chi connectivity index (χ1) is 12.7. The van der Waals surface area contributed by atoms with Gasteiger partial charge in [-0.3, -0.25) is 4.79 Å². The van der Waals surface area contributed by atoms with Crippen LogP contribution in [-0.4, -0.2) is 36.1 Å². The van der Waals surface area contributed by atoms with Crippen LogP contribution >= 0.6 is 23.2 Å². The van der Waals surface area contributed by atoms with Gasteiger partial charge in [0.1, 0.15) is 0 Å². The van der Waals surface area contributed by atoms with Crippen molar-refractivity contribution >= 4 is 40.1 Å². The molecule has 2 aliphatic carbocycles. The molecule has 2 atom stereocenters. The summed E-state index contributed by atoms with van der Waals surface area (Å²) in [6, 6.07) is 3.48. The molecule has 2 bridgehead atoms. The number of nitrogens with zero attached hydrogens (tertiary/aromatic N) is 2. The van der Waals surface area contributed by atoms with Gasteiger partial charge < -0.3 is 10.1 Å². The first-order valence-electron chi connectivity index (χ1n) is 9.14. The molecule has 1 heterocycles. The minimum absolute atomic E-state index is 0.000681. The number of rotatable bonds is 4. The first kappa shape index (κ1) is 18.9. The van der Waals surface area contributed by atoms with Gasteiger partial charge in [-0.05, 0) is 30.4 Å². The Morgan fingerprint density at radius 3 is 2.30 bits per heavy atom. The second kappa shape index (κ2) is 6.03. The normalized spacial score (nSPS) is 27.8. The Balaban J connectivity index is 1.93. The number of fused-ring (bicyclic) bond motifs is 6. The van der Waals surface area contributed by atoms with E-state index in [1.54, 1.807) is 19.2 Å². The average molecular weight is 408 g/mol. The fourth-order valence-corrected chi connectivity index (χ4v) is 5.33. The van der Waals surface area contributed by atoms with Crippen LogP contribution in [0.15, 0.2) is 12.1 Å². The van der Waals surface area contributed by atoms with E-state index in [0.29, 0.717) is 34.2 Å². The zero-order valence-electron chi connectivity index (χ0n) is 15.9. The maximum Gasteiger partial charge on any atom is 0.232 e. The van der Waals surface area contributed by atoms with E-state index in [-0.39, 0.29) is 16.7 Å². The minimum Gasteiger partial charge on any atom is -0.383 e. The number of nitrogens with one attached hydrogen (secondary N) is 1. The summed E-state index contributed by atoms with van der Waals surface area (Å²) < 4.78 is 5.09. The summed E-state index contributed by atoms with van der Waals surface area (Å²) in [5.74, 6) is 0.000681. The second-order valence-electron chi connectivity index (χ2n) is 8.29. The molecule has 1 aromatic heterocycles. The molecular weight excluding hydrogens is 385 g/mol. The Kier molecular flexibility index (Phi) is 4.22. The zero-order chi connectivity index (χ0) is 19.6. The molecule has 1 amide bonds. The van der Waals surface area contributed by atoms with Crippen LogP contribution in [0.4, 0.5) is 0 Å². The molecule has 2 aromatic rings. The van der Waals surface area contributed by atoms with E-state index in [4.69, 9.17) is 37.9 Å². The van der Waals surface area contributed by atoms with Crippen molar-refractivity contribution in [3.05, 3.63) is 33.6 Å². The summed E-state index contributed by atoms with van der Waals surface area (Å²) in [5.41, 5.74) is 1.81. The number of benzene rings is 1. The molecule has 144 valence electrons. The molecule has 0 spiro atoms. The maximum atomic E-state index is 13.4. The number of carbonyl (C=O) groups excluding carboxylic acids is 1. The molecule has 0 radical (unpaired) electrons. The third kappa shape index (κ3) is 2.25. The lowest BCUT2D eigenvalue weighted by atomic mass is 9.63. The van der Waals surface area contributed by atoms with Crippen molar-refractivity contribution in [2.75, 3.05) is 20.3 Å². The molecule has 2 unspecified atom stereocenters. The lowest BCUT2D eigenvalue weighted by Crippen LogP contribution is -2.51. The number of hydrogen-bond acceptors (Lipinski definition) is 4. The lowest BCUT2D eigenvalue weighted by Gasteiger charge is -2.39. The molecular formula is C20H23Cl2N3O2. The van der Waals surface area contributed by atoms with E-state index in [1.807, 2.05) is 0 Å². The molecule has 0 aliphatic heterocycles. The Hall–Kier alpha value is -1.43. The van der Waals surface area contributed by atoms with Gasteiger partial charge >= 0.3 is 0 Å². The van der Waals surface area contributed by atoms with Gasteiger partial charge in [0.15, 0.2) is 0 Å². The van der Waals surface area contributed by atoms with Crippen molar-refractivity contribution in [2.45, 2.75) is 44.4 Å². The van der Waals surface area contributed by atoms with E-state index in [0.717, 1.165) is 24.2 Å². The summed E-state index contributed by atoms with van der Waals surface area (Å²) in [5, 5.41) is 3.94. The molecule has 5 nitrogen and oxygen atoms in total. The number of carbonyl (C=O) groups is 1. The summed E-state index contributed by atoms with van der Waals surface area (Å²) in [4.78, 5) is 23.2.